The van der Waals surface area contributed by atoms with Gasteiger partial charge in [0, 0.05) is 62.2 Å². The van der Waals surface area contributed by atoms with Gasteiger partial charge >= 0.3 is 0 Å². The number of fused-ring (bicyclic) bond motifs is 1. The molecule has 1 saturated heterocycles. The fraction of sp³-hybridized carbons (Fsp3) is 0.458. The number of benzene rings is 2. The number of nitrogens with zero attached hydrogens (tertiary/aromatic N) is 2. The minimum Gasteiger partial charge on any atom is -0.399 e. The van der Waals surface area contributed by atoms with E-state index in [9.17, 15) is 47.9 Å². The van der Waals surface area contributed by atoms with E-state index in [-0.39, 0.29) is 89.3 Å². The molecule has 0 bridgehead atoms. The third kappa shape index (κ3) is 20.1. The molecule has 2 heterocycles. The fourth-order valence-corrected chi connectivity index (χ4v) is 8.12. The number of carbonyl (C=O) groups excluding carboxylic acids is 10. The summed E-state index contributed by atoms with van der Waals surface area (Å²) < 4.78 is 0. The van der Waals surface area contributed by atoms with Gasteiger partial charge in [-0.15, -0.1) is 0 Å². The summed E-state index contributed by atoms with van der Waals surface area (Å²) in [5.74, 6) is -9.61. The van der Waals surface area contributed by atoms with Crippen molar-refractivity contribution in [3.8, 4) is 0 Å². The summed E-state index contributed by atoms with van der Waals surface area (Å²) in [5.41, 5.74) is 41.4. The number of rotatable bonds is 18. The number of nitrogens with two attached hydrogens (primary N) is 7. The number of hydrogen-bond acceptors (Lipinski definition) is 13. The zero-order valence-electron chi connectivity index (χ0n) is 42.2. The Hall–Kier alpha value is -8.98. The van der Waals surface area contributed by atoms with Gasteiger partial charge < -0.3 is 87.7 Å². The van der Waals surface area contributed by atoms with Crippen LogP contribution in [0.2, 0.25) is 0 Å². The van der Waals surface area contributed by atoms with Crippen LogP contribution in [0.3, 0.4) is 0 Å². The third-order valence-electron chi connectivity index (χ3n) is 12.0. The lowest BCUT2D eigenvalue weighted by Gasteiger charge is -2.28. The third-order valence-corrected chi connectivity index (χ3v) is 12.0. The summed E-state index contributed by atoms with van der Waals surface area (Å²) in [6.07, 6.45) is 0.271. The number of nitrogens with one attached hydrogen (secondary N) is 9. The van der Waals surface area contributed by atoms with Crippen LogP contribution in [0.5, 0.6) is 0 Å². The van der Waals surface area contributed by atoms with E-state index in [0.717, 1.165) is 17.8 Å². The topological polar surface area (TPSA) is 490 Å². The van der Waals surface area contributed by atoms with Gasteiger partial charge in [-0.25, -0.2) is 0 Å². The lowest BCUT2D eigenvalue weighted by atomic mass is 10.0. The van der Waals surface area contributed by atoms with Crippen molar-refractivity contribution in [3.05, 3.63) is 65.9 Å². The Balaban J connectivity index is 1.79. The number of primary amides is 2. The Morgan fingerprint density at radius 3 is 1.93 bits per heavy atom. The number of carbonyl (C=O) groups is 10. The lowest BCUT2D eigenvalue weighted by molar-refractivity contribution is -0.137. The molecule has 1 aromatic heterocycles. The van der Waals surface area contributed by atoms with Gasteiger partial charge in [0.1, 0.15) is 42.3 Å². The Labute approximate surface area is 437 Å². The van der Waals surface area contributed by atoms with Gasteiger partial charge in [-0.05, 0) is 74.3 Å². The molecule has 4 rings (SSSR count). The maximum absolute atomic E-state index is 14.6. The van der Waals surface area contributed by atoms with Crippen molar-refractivity contribution in [2.75, 3.05) is 25.4 Å². The number of guanidine groups is 2. The SMILES string of the molecule is CC(=O)N[C@@H](CCCN=C(N)N)C(=O)N[C@H]1CC(=O)NCCCC[C@@H](C(N)=O)NC(=O)[C@H](Cc2c[nH]c3ccccc23)NC(=O)[C@H](CCCN=C(N)N)NC(=O)[C@@H](Cc2ccc(N)cc2)NC(=O)[C@H](CC(N)=O)NC1=O. The van der Waals surface area contributed by atoms with E-state index in [0.29, 0.717) is 16.8 Å². The molecule has 7 atom stereocenters. The molecule has 412 valence electrons. The molecule has 0 radical (unpaired) electrons. The summed E-state index contributed by atoms with van der Waals surface area (Å²) >= 11 is 0. The van der Waals surface area contributed by atoms with E-state index in [1.807, 2.05) is 18.2 Å². The first-order chi connectivity index (χ1) is 36.1. The van der Waals surface area contributed by atoms with E-state index in [1.54, 1.807) is 24.4 Å². The van der Waals surface area contributed by atoms with E-state index >= 15 is 0 Å². The molecule has 28 heteroatoms. The molecule has 23 N–H and O–H groups in total. The largest absolute Gasteiger partial charge is 0.399 e. The Morgan fingerprint density at radius 1 is 0.697 bits per heavy atom. The average Bonchev–Trinajstić information content (AvgIpc) is 3.76. The monoisotopic (exact) mass is 1060 g/mol. The molecule has 76 heavy (non-hydrogen) atoms. The molecule has 1 aliphatic rings. The average molecular weight is 1060 g/mol. The van der Waals surface area contributed by atoms with Crippen LogP contribution in [0.15, 0.2) is 64.7 Å². The molecule has 0 unspecified atom stereocenters. The highest BCUT2D eigenvalue weighted by molar-refractivity contribution is 6.00. The Bertz CT molecular complexity index is 2610. The minimum atomic E-state index is -1.83. The van der Waals surface area contributed by atoms with Crippen molar-refractivity contribution in [1.82, 2.24) is 47.5 Å². The maximum atomic E-state index is 14.6. The van der Waals surface area contributed by atoms with Gasteiger partial charge in [0.05, 0.1) is 12.8 Å². The minimum absolute atomic E-state index is 0.0114. The van der Waals surface area contributed by atoms with E-state index in [4.69, 9.17) is 40.1 Å². The van der Waals surface area contributed by atoms with E-state index in [2.05, 4.69) is 57.5 Å². The van der Waals surface area contributed by atoms with Crippen LogP contribution < -0.4 is 82.7 Å². The van der Waals surface area contributed by atoms with Crippen LogP contribution in [-0.2, 0) is 60.8 Å². The number of aromatic nitrogens is 1. The number of anilines is 1. The summed E-state index contributed by atoms with van der Waals surface area (Å²) in [6, 6.07) is 2.94. The molecule has 2 aromatic carbocycles. The number of amides is 10. The van der Waals surface area contributed by atoms with Crippen molar-refractivity contribution < 1.29 is 47.9 Å². The predicted molar refractivity (Wildman–Crippen MR) is 280 cm³/mol. The molecule has 0 aliphatic carbocycles. The fourth-order valence-electron chi connectivity index (χ4n) is 8.12. The molecule has 0 spiro atoms. The number of aliphatic imine (C=N–C) groups is 2. The smallest absolute Gasteiger partial charge is 0.243 e. The zero-order chi connectivity index (χ0) is 55.9. The summed E-state index contributed by atoms with van der Waals surface area (Å²) in [7, 11) is 0. The first-order valence-electron chi connectivity index (χ1n) is 24.5. The number of para-hydroxylation sites is 1. The predicted octanol–water partition coefficient (Wildman–Crippen LogP) is -4.89. The molecule has 3 aromatic rings. The number of aromatic amines is 1. The first kappa shape index (κ1) is 59.6. The van der Waals surface area contributed by atoms with E-state index < -0.39 is 114 Å². The van der Waals surface area contributed by atoms with Gasteiger partial charge in [-0.2, -0.15) is 0 Å². The highest BCUT2D eigenvalue weighted by Crippen LogP contribution is 2.20. The number of H-pyrrole nitrogens is 1. The molecule has 28 nitrogen and oxygen atoms in total. The number of nitrogen functional groups attached to an aromatic ring is 1. The van der Waals surface area contributed by atoms with Crippen molar-refractivity contribution in [2.24, 2.45) is 44.4 Å². The van der Waals surface area contributed by atoms with Crippen molar-refractivity contribution in [2.45, 2.75) is 120 Å². The summed E-state index contributed by atoms with van der Waals surface area (Å²) in [5, 5.41) is 21.2. The van der Waals surface area contributed by atoms with Crippen molar-refractivity contribution in [1.29, 1.82) is 0 Å². The molecular formula is C48H70N18O10. The molecule has 1 fully saturated rings. The van der Waals surface area contributed by atoms with Gasteiger partial charge in [-0.3, -0.25) is 57.9 Å². The van der Waals surface area contributed by atoms with Crippen LogP contribution in [0.1, 0.15) is 75.8 Å². The normalized spacial score (nSPS) is 20.9. The van der Waals surface area contributed by atoms with Crippen LogP contribution in [0.25, 0.3) is 10.9 Å². The molecule has 1 aliphatic heterocycles. The standard InChI is InChI=1S/C48H70N18O10/c1-25(67)60-32(11-6-18-57-47(52)53)41(71)66-37-23-39(69)56-17-5-4-10-31(40(51)70)61-44(74)35(21-27-24-59-30-9-3-2-8-29(27)30)64-42(72)33(12-7-19-58-48(54)55)62-43(73)34(20-26-13-15-28(49)16-14-26)63-45(75)36(22-38(50)68)65-46(37)76/h2-3,8-9,13-16,24,31-37,59H,4-7,10-12,17-23,49H2,1H3,(H2,50,68)(H2,51,70)(H,56,69)(H,60,67)(H,61,74)(H,62,73)(H,63,75)(H,64,72)(H,65,76)(H,66,71)(H4,52,53,57)(H4,54,55,58)/t31-,32-,33-,34+,35-,36-,37-/m0/s1. The van der Waals surface area contributed by atoms with Crippen LogP contribution in [-0.4, -0.2) is 138 Å². The highest BCUT2D eigenvalue weighted by Gasteiger charge is 2.35. The second kappa shape index (κ2) is 29.7. The van der Waals surface area contributed by atoms with Gasteiger partial charge in [-0.1, -0.05) is 30.3 Å². The molecule has 0 saturated carbocycles. The summed E-state index contributed by atoms with van der Waals surface area (Å²) in [4.78, 5) is 148. The molecule has 10 amide bonds. The Kier molecular flexibility index (Phi) is 23.2. The number of hydrogen-bond donors (Lipinski definition) is 16. The van der Waals surface area contributed by atoms with Crippen molar-refractivity contribution in [3.63, 3.8) is 0 Å². The van der Waals surface area contributed by atoms with Gasteiger partial charge in [0.2, 0.25) is 59.1 Å². The van der Waals surface area contributed by atoms with Crippen molar-refractivity contribution >= 4 is 87.6 Å². The van der Waals surface area contributed by atoms with Crippen LogP contribution >= 0.6 is 0 Å². The maximum Gasteiger partial charge on any atom is 0.243 e. The molecular weight excluding hydrogens is 989 g/mol. The lowest BCUT2D eigenvalue weighted by Crippen LogP contribution is -2.61. The van der Waals surface area contributed by atoms with Gasteiger partial charge in [0.15, 0.2) is 11.9 Å². The quantitative estimate of drug-likeness (QED) is 0.0246. The van der Waals surface area contributed by atoms with E-state index in [1.165, 1.54) is 12.1 Å². The Morgan fingerprint density at radius 2 is 1.29 bits per heavy atom. The zero-order valence-corrected chi connectivity index (χ0v) is 42.2. The van der Waals surface area contributed by atoms with Crippen LogP contribution in [0.4, 0.5) is 5.69 Å². The van der Waals surface area contributed by atoms with Crippen LogP contribution in [0, 0.1) is 0 Å². The second-order valence-electron chi connectivity index (χ2n) is 18.1. The first-order valence-corrected chi connectivity index (χ1v) is 24.5. The second-order valence-corrected chi connectivity index (χ2v) is 18.1. The van der Waals surface area contributed by atoms with Gasteiger partial charge in [0.25, 0.3) is 0 Å². The highest BCUT2D eigenvalue weighted by atomic mass is 16.2. The summed E-state index contributed by atoms with van der Waals surface area (Å²) in [6.45, 7) is 1.21.